The predicted molar refractivity (Wildman–Crippen MR) is 96.2 cm³/mol. The van der Waals surface area contributed by atoms with Crippen LogP contribution in [0.25, 0.3) is 0 Å². The number of carbonyl (C=O) groups is 1. The highest BCUT2D eigenvalue weighted by molar-refractivity contribution is 7.86. The zero-order valence-corrected chi connectivity index (χ0v) is 15.6. The first kappa shape index (κ1) is 21.5. The largest absolute Gasteiger partial charge is 0.480 e. The van der Waals surface area contributed by atoms with Gasteiger partial charge in [0.1, 0.15) is 5.54 Å². The summed E-state index contributed by atoms with van der Waals surface area (Å²) in [5.41, 5.74) is 9.95. The van der Waals surface area contributed by atoms with Crippen LogP contribution in [0.2, 0.25) is 6.32 Å². The van der Waals surface area contributed by atoms with E-state index >= 15 is 0 Å². The summed E-state index contributed by atoms with van der Waals surface area (Å²) in [5, 5.41) is 27.5. The molecule has 0 radical (unpaired) electrons. The predicted octanol–water partition coefficient (Wildman–Crippen LogP) is -1.99. The molecule has 1 saturated heterocycles. The van der Waals surface area contributed by atoms with Crippen LogP contribution in [0.4, 0.5) is 0 Å². The lowest BCUT2D eigenvalue weighted by molar-refractivity contribution is -0.144. The maximum atomic E-state index is 13.1. The van der Waals surface area contributed by atoms with E-state index in [2.05, 4.69) is 0 Å². The van der Waals surface area contributed by atoms with Crippen LogP contribution >= 0.6 is 0 Å². The molecule has 2 aliphatic rings. The monoisotopic (exact) mass is 392 g/mol. The Kier molecular flexibility index (Phi) is 7.05. The van der Waals surface area contributed by atoms with Crippen LogP contribution in [0.5, 0.6) is 0 Å². The Hall–Kier alpha value is -0.755. The summed E-state index contributed by atoms with van der Waals surface area (Å²) < 4.78 is 28.6. The van der Waals surface area contributed by atoms with Crippen molar-refractivity contribution in [2.45, 2.75) is 50.0 Å². The smallest absolute Gasteiger partial charge is 0.451 e. The van der Waals surface area contributed by atoms with E-state index in [9.17, 15) is 18.3 Å². The Morgan fingerprint density at radius 2 is 2.00 bits per heavy atom. The molecule has 0 aromatic carbocycles. The third-order valence-electron chi connectivity index (χ3n) is 5.46. The topological polar surface area (TPSA) is 170 Å². The molecular formula is C14H29BN4O6S. The van der Waals surface area contributed by atoms with Crippen LogP contribution in [0.1, 0.15) is 32.1 Å². The van der Waals surface area contributed by atoms with E-state index in [1.54, 1.807) is 0 Å². The van der Waals surface area contributed by atoms with Gasteiger partial charge >= 0.3 is 13.1 Å². The molecule has 12 heteroatoms. The van der Waals surface area contributed by atoms with Crippen LogP contribution in [0.15, 0.2) is 0 Å². The molecule has 2 fully saturated rings. The molecule has 150 valence electrons. The number of carboxylic acid groups (broad SMARTS) is 1. The number of carboxylic acids is 1. The van der Waals surface area contributed by atoms with Crippen LogP contribution < -0.4 is 11.5 Å². The van der Waals surface area contributed by atoms with Crippen molar-refractivity contribution in [2.75, 3.05) is 26.2 Å². The number of nitrogens with two attached hydrogens (primary N) is 2. The number of hydrogen-bond donors (Lipinski definition) is 5. The van der Waals surface area contributed by atoms with E-state index < -0.39 is 34.8 Å². The lowest BCUT2D eigenvalue weighted by Crippen LogP contribution is -2.56. The van der Waals surface area contributed by atoms with Gasteiger partial charge in [0.25, 0.3) is 10.2 Å². The molecule has 0 aromatic rings. The fourth-order valence-corrected chi connectivity index (χ4v) is 5.61. The van der Waals surface area contributed by atoms with Gasteiger partial charge in [-0.05, 0) is 25.6 Å². The highest BCUT2D eigenvalue weighted by Gasteiger charge is 2.53. The van der Waals surface area contributed by atoms with Crippen molar-refractivity contribution in [3.63, 3.8) is 0 Å². The fraction of sp³-hybridized carbons (Fsp3) is 0.929. The van der Waals surface area contributed by atoms with Crippen LogP contribution in [0, 0.1) is 5.92 Å². The van der Waals surface area contributed by atoms with E-state index in [1.165, 1.54) is 4.31 Å². The average Bonchev–Trinajstić information content (AvgIpc) is 2.84. The van der Waals surface area contributed by atoms with Gasteiger partial charge in [0.2, 0.25) is 0 Å². The van der Waals surface area contributed by atoms with Crippen molar-refractivity contribution in [1.82, 2.24) is 8.61 Å². The van der Waals surface area contributed by atoms with E-state index in [0.717, 1.165) is 23.6 Å². The van der Waals surface area contributed by atoms with Crippen LogP contribution in [0.3, 0.4) is 0 Å². The molecular weight excluding hydrogens is 363 g/mol. The maximum Gasteiger partial charge on any atom is 0.451 e. The molecule has 0 spiro atoms. The molecule has 2 rings (SSSR count). The van der Waals surface area contributed by atoms with Gasteiger partial charge in [0.15, 0.2) is 0 Å². The third-order valence-corrected chi connectivity index (χ3v) is 7.46. The van der Waals surface area contributed by atoms with Crippen molar-refractivity contribution in [1.29, 1.82) is 0 Å². The summed E-state index contributed by atoms with van der Waals surface area (Å²) >= 11 is 0. The first-order valence-electron chi connectivity index (χ1n) is 8.98. The highest BCUT2D eigenvalue weighted by Crippen LogP contribution is 2.35. The molecule has 2 atom stereocenters. The Morgan fingerprint density at radius 3 is 2.46 bits per heavy atom. The van der Waals surface area contributed by atoms with Gasteiger partial charge in [0.05, 0.1) is 0 Å². The molecule has 1 aliphatic heterocycles. The zero-order chi connectivity index (χ0) is 19.5. The molecule has 0 unspecified atom stereocenters. The second-order valence-corrected chi connectivity index (χ2v) is 9.12. The number of aliphatic carboxylic acids is 1. The first-order chi connectivity index (χ1) is 12.1. The Bertz CT molecular complexity index is 602. The van der Waals surface area contributed by atoms with E-state index in [4.69, 9.17) is 21.5 Å². The van der Waals surface area contributed by atoms with Gasteiger partial charge in [-0.3, -0.25) is 4.79 Å². The van der Waals surface area contributed by atoms with E-state index in [0.29, 0.717) is 12.8 Å². The van der Waals surface area contributed by atoms with Crippen molar-refractivity contribution in [3.8, 4) is 0 Å². The first-order valence-corrected chi connectivity index (χ1v) is 10.4. The molecule has 0 aromatic heterocycles. The van der Waals surface area contributed by atoms with Gasteiger partial charge in [-0.15, -0.1) is 0 Å². The lowest BCUT2D eigenvalue weighted by atomic mass is 9.78. The fourth-order valence-electron chi connectivity index (χ4n) is 3.64. The lowest BCUT2D eigenvalue weighted by Gasteiger charge is -2.38. The molecule has 0 bridgehead atoms. The molecule has 0 amide bonds. The molecule has 1 heterocycles. The third kappa shape index (κ3) is 4.38. The summed E-state index contributed by atoms with van der Waals surface area (Å²) in [6.45, 7) is 0.0782. The number of nitrogens with zero attached hydrogens (tertiary/aromatic N) is 2. The molecule has 7 N–H and O–H groups in total. The summed E-state index contributed by atoms with van der Waals surface area (Å²) in [5.74, 6) is -1.85. The standard InChI is InChI=1S/C14H29BN4O6S/c16-7-8-19(12-4-1-5-12)26(24,25)18-9-11(3-2-6-15(22)23)14(17,10-18)13(20)21/h11-12,22-23H,1-10,16-17H2,(H,20,21)/t11-,14-/m0/s1. The van der Waals surface area contributed by atoms with E-state index in [1.807, 2.05) is 0 Å². The number of rotatable bonds is 10. The SMILES string of the molecule is NCCN(C1CCC1)S(=O)(=O)N1C[C@H](CCCB(O)O)[C@](N)(C(=O)O)C1. The van der Waals surface area contributed by atoms with Crippen molar-refractivity contribution in [2.24, 2.45) is 17.4 Å². The van der Waals surface area contributed by atoms with Crippen molar-refractivity contribution >= 4 is 23.3 Å². The Balaban J connectivity index is 2.16. The zero-order valence-electron chi connectivity index (χ0n) is 14.8. The summed E-state index contributed by atoms with van der Waals surface area (Å²) in [4.78, 5) is 11.7. The van der Waals surface area contributed by atoms with Gasteiger partial charge in [-0.2, -0.15) is 17.0 Å². The minimum absolute atomic E-state index is 0.000445. The van der Waals surface area contributed by atoms with Gasteiger partial charge in [-0.1, -0.05) is 12.8 Å². The Labute approximate surface area is 154 Å². The number of hydrogen-bond acceptors (Lipinski definition) is 7. The van der Waals surface area contributed by atoms with E-state index in [-0.39, 0.29) is 38.5 Å². The molecule has 26 heavy (non-hydrogen) atoms. The van der Waals surface area contributed by atoms with Crippen molar-refractivity contribution in [3.05, 3.63) is 0 Å². The van der Waals surface area contributed by atoms with Gasteiger partial charge in [0, 0.05) is 38.1 Å². The molecule has 1 aliphatic carbocycles. The molecule has 10 nitrogen and oxygen atoms in total. The summed E-state index contributed by atoms with van der Waals surface area (Å²) in [6, 6.07) is -0.0934. The van der Waals surface area contributed by atoms with Gasteiger partial charge in [-0.25, -0.2) is 0 Å². The summed E-state index contributed by atoms with van der Waals surface area (Å²) in [7, 11) is -5.34. The normalized spacial score (nSPS) is 27.7. The molecule has 1 saturated carbocycles. The maximum absolute atomic E-state index is 13.1. The minimum atomic E-state index is -3.86. The minimum Gasteiger partial charge on any atom is -0.480 e. The second kappa shape index (κ2) is 8.51. The Morgan fingerprint density at radius 1 is 1.35 bits per heavy atom. The second-order valence-electron chi connectivity index (χ2n) is 7.24. The quantitative estimate of drug-likeness (QED) is 0.266. The average molecular weight is 392 g/mol. The van der Waals surface area contributed by atoms with Gasteiger partial charge < -0.3 is 26.6 Å². The van der Waals surface area contributed by atoms with Crippen LogP contribution in [-0.2, 0) is 15.0 Å². The highest BCUT2D eigenvalue weighted by atomic mass is 32.2. The van der Waals surface area contributed by atoms with Crippen LogP contribution in [-0.4, -0.2) is 83.0 Å². The van der Waals surface area contributed by atoms with Crippen molar-refractivity contribution < 1.29 is 28.4 Å². The summed E-state index contributed by atoms with van der Waals surface area (Å²) in [6.07, 6.45) is 3.24.